The molecule has 0 saturated heterocycles. The van der Waals surface area contributed by atoms with Gasteiger partial charge in [-0.2, -0.15) is 5.10 Å². The number of hydrogen-bond acceptors (Lipinski definition) is 10. The van der Waals surface area contributed by atoms with Crippen LogP contribution in [0.4, 0.5) is 4.79 Å². The Morgan fingerprint density at radius 3 is 2.35 bits per heavy atom. The smallest absolute Gasteiger partial charge is 0.344 e. The van der Waals surface area contributed by atoms with E-state index in [4.69, 9.17) is 23.7 Å². The normalized spacial score (nSPS) is 14.5. The van der Waals surface area contributed by atoms with E-state index in [0.717, 1.165) is 0 Å². The third-order valence-corrected chi connectivity index (χ3v) is 6.89. The number of esters is 2. The third kappa shape index (κ3) is 9.19. The predicted molar refractivity (Wildman–Crippen MR) is 162 cm³/mol. The lowest BCUT2D eigenvalue weighted by atomic mass is 9.95. The summed E-state index contributed by atoms with van der Waals surface area (Å²) in [6, 6.07) is 6.95. The Hall–Kier alpha value is -4.11. The van der Waals surface area contributed by atoms with Crippen molar-refractivity contribution in [2.24, 2.45) is 5.10 Å². The first-order chi connectivity index (χ1) is 20.6. The number of hydrogen-bond donors (Lipinski definition) is 3. The van der Waals surface area contributed by atoms with Gasteiger partial charge in [0.15, 0.2) is 24.7 Å². The number of rotatable bonds is 13. The largest absolute Gasteiger partial charge is 0.493 e. The molecule has 13 nitrogen and oxygen atoms in total. The van der Waals surface area contributed by atoms with E-state index in [1.165, 1.54) is 13.3 Å². The number of nitrogens with zero attached hydrogens (tertiary/aromatic N) is 1. The molecule has 3 amide bonds. The molecular weight excluding hydrogens is 696 g/mol. The molecule has 3 rings (SSSR count). The van der Waals surface area contributed by atoms with Gasteiger partial charge in [0.2, 0.25) is 0 Å². The van der Waals surface area contributed by atoms with Gasteiger partial charge < -0.3 is 34.3 Å². The molecule has 3 N–H and O–H groups in total. The summed E-state index contributed by atoms with van der Waals surface area (Å²) in [5.74, 6) is -0.641. The molecule has 1 atom stereocenters. The Morgan fingerprint density at radius 1 is 1.00 bits per heavy atom. The van der Waals surface area contributed by atoms with Gasteiger partial charge in [-0.25, -0.2) is 19.8 Å². The minimum absolute atomic E-state index is 0.174. The molecule has 0 aliphatic carbocycles. The molecule has 1 aliphatic rings. The predicted octanol–water partition coefficient (Wildman–Crippen LogP) is 3.88. The van der Waals surface area contributed by atoms with E-state index in [1.807, 2.05) is 0 Å². The van der Waals surface area contributed by atoms with Crippen LogP contribution in [0.5, 0.6) is 17.2 Å². The highest BCUT2D eigenvalue weighted by Crippen LogP contribution is 2.35. The van der Waals surface area contributed by atoms with Gasteiger partial charge in [-0.05, 0) is 88.0 Å². The lowest BCUT2D eigenvalue weighted by Crippen LogP contribution is -2.45. The number of urea groups is 1. The Labute approximate surface area is 264 Å². The quantitative estimate of drug-likeness (QED) is 0.158. The summed E-state index contributed by atoms with van der Waals surface area (Å²) in [6.45, 7) is 4.82. The average Bonchev–Trinajstić information content (AvgIpc) is 2.95. The summed E-state index contributed by atoms with van der Waals surface area (Å²) in [6.07, 6.45) is 1.42. The van der Waals surface area contributed by atoms with Gasteiger partial charge >= 0.3 is 18.0 Å². The Morgan fingerprint density at radius 2 is 1.70 bits per heavy atom. The van der Waals surface area contributed by atoms with Crippen molar-refractivity contribution < 1.29 is 42.9 Å². The van der Waals surface area contributed by atoms with E-state index in [9.17, 15) is 19.2 Å². The van der Waals surface area contributed by atoms with Crippen molar-refractivity contribution in [1.29, 1.82) is 0 Å². The Kier molecular flexibility index (Phi) is 12.4. The number of methoxy groups -OCH3 is 1. The van der Waals surface area contributed by atoms with Crippen molar-refractivity contribution in [2.45, 2.75) is 26.8 Å². The van der Waals surface area contributed by atoms with Gasteiger partial charge in [-0.1, -0.05) is 6.07 Å². The van der Waals surface area contributed by atoms with E-state index in [-0.39, 0.29) is 43.5 Å². The monoisotopic (exact) mass is 724 g/mol. The molecule has 0 aromatic heterocycles. The maximum Gasteiger partial charge on any atom is 0.344 e. The van der Waals surface area contributed by atoms with Crippen molar-refractivity contribution in [3.8, 4) is 17.2 Å². The summed E-state index contributed by atoms with van der Waals surface area (Å²) >= 11 is 6.78. The van der Waals surface area contributed by atoms with Gasteiger partial charge in [0.1, 0.15) is 5.75 Å². The number of ether oxygens (including phenoxy) is 5. The summed E-state index contributed by atoms with van der Waals surface area (Å²) in [4.78, 5) is 48.6. The minimum Gasteiger partial charge on any atom is -0.493 e. The summed E-state index contributed by atoms with van der Waals surface area (Å²) in [5, 5.41) is 9.25. The number of hydrazone groups is 1. The third-order valence-electron chi connectivity index (χ3n) is 5.71. The Balaban J connectivity index is 1.62. The number of carbonyl (C=O) groups excluding carboxylic acids is 4. The summed E-state index contributed by atoms with van der Waals surface area (Å²) in [7, 11) is 1.42. The molecular formula is C28H30Br2N4O9. The van der Waals surface area contributed by atoms with Gasteiger partial charge in [0.25, 0.3) is 5.91 Å². The lowest BCUT2D eigenvalue weighted by molar-refractivity contribution is -0.145. The second-order valence-electron chi connectivity index (χ2n) is 8.69. The second kappa shape index (κ2) is 15.9. The van der Waals surface area contributed by atoms with Crippen molar-refractivity contribution >= 4 is 62.0 Å². The van der Waals surface area contributed by atoms with Gasteiger partial charge in [0.05, 0.1) is 47.1 Å². The van der Waals surface area contributed by atoms with E-state index in [2.05, 4.69) is 53.0 Å². The van der Waals surface area contributed by atoms with Crippen molar-refractivity contribution in [3.05, 3.63) is 61.7 Å². The lowest BCUT2D eigenvalue weighted by Gasteiger charge is -2.28. The first-order valence-electron chi connectivity index (χ1n) is 12.9. The van der Waals surface area contributed by atoms with Gasteiger partial charge in [-0.3, -0.25) is 4.79 Å². The molecule has 0 saturated carbocycles. The van der Waals surface area contributed by atoms with Crippen LogP contribution in [-0.4, -0.2) is 63.6 Å². The van der Waals surface area contributed by atoms with Crippen LogP contribution < -0.4 is 30.3 Å². The van der Waals surface area contributed by atoms with E-state index < -0.39 is 29.9 Å². The molecule has 1 aliphatic heterocycles. The standard InChI is InChI=1S/C28H30Br2N4O9/c1-5-40-23(36)14-43-26-18(29)9-16(10-19(26)30)12-31-34-22(35)13-42-20-8-7-17(11-21(20)39-4)25-24(27(37)41-6-2)15(3)32-28(38)33-25/h7-12,25H,5-6,13-14H2,1-4H3,(H,34,35)(H2,32,33,38)/b31-12-/t25-/m1/s1. The zero-order valence-corrected chi connectivity index (χ0v) is 26.9. The number of allylic oxidation sites excluding steroid dienone is 1. The van der Waals surface area contributed by atoms with Crippen LogP contribution in [0.3, 0.4) is 0 Å². The number of nitrogens with one attached hydrogen (secondary N) is 3. The first-order valence-corrected chi connectivity index (χ1v) is 14.5. The van der Waals surface area contributed by atoms with Crippen LogP contribution in [-0.2, 0) is 23.9 Å². The molecule has 0 radical (unpaired) electrons. The maximum atomic E-state index is 12.6. The molecule has 0 fully saturated rings. The highest BCUT2D eigenvalue weighted by molar-refractivity contribution is 9.11. The first kappa shape index (κ1) is 33.4. The molecule has 230 valence electrons. The van der Waals surface area contributed by atoms with E-state index in [1.54, 1.807) is 51.1 Å². The van der Waals surface area contributed by atoms with Crippen LogP contribution in [0.1, 0.15) is 37.9 Å². The highest BCUT2D eigenvalue weighted by atomic mass is 79.9. The molecule has 2 aromatic rings. The SMILES string of the molecule is CCOC(=O)COc1c(Br)cc(/C=N\NC(=O)COc2ccc([C@H]3NC(=O)NC(C)=C3C(=O)OCC)cc2OC)cc1Br. The van der Waals surface area contributed by atoms with Crippen LogP contribution >= 0.6 is 31.9 Å². The number of carbonyl (C=O) groups is 4. The second-order valence-corrected chi connectivity index (χ2v) is 10.4. The summed E-state index contributed by atoms with van der Waals surface area (Å²) < 4.78 is 27.7. The zero-order valence-electron chi connectivity index (χ0n) is 23.7. The van der Waals surface area contributed by atoms with Gasteiger partial charge in [-0.15, -0.1) is 0 Å². The maximum absolute atomic E-state index is 12.6. The van der Waals surface area contributed by atoms with Crippen LogP contribution in [0, 0.1) is 0 Å². The fourth-order valence-corrected chi connectivity index (χ4v) is 5.34. The summed E-state index contributed by atoms with van der Waals surface area (Å²) in [5.41, 5.74) is 4.18. The van der Waals surface area contributed by atoms with Crippen molar-refractivity contribution in [1.82, 2.24) is 16.1 Å². The van der Waals surface area contributed by atoms with Crippen LogP contribution in [0.15, 0.2) is 55.6 Å². The molecule has 2 aromatic carbocycles. The number of amides is 3. The molecule has 0 unspecified atom stereocenters. The fraction of sp³-hybridized carbons (Fsp3) is 0.321. The topological polar surface area (TPSA) is 163 Å². The van der Waals surface area contributed by atoms with Crippen LogP contribution in [0.25, 0.3) is 0 Å². The highest BCUT2D eigenvalue weighted by Gasteiger charge is 2.32. The van der Waals surface area contributed by atoms with E-state index in [0.29, 0.717) is 31.5 Å². The van der Waals surface area contributed by atoms with Crippen molar-refractivity contribution in [3.63, 3.8) is 0 Å². The fourth-order valence-electron chi connectivity index (χ4n) is 3.89. The number of benzene rings is 2. The minimum atomic E-state index is -0.786. The van der Waals surface area contributed by atoms with Gasteiger partial charge in [0, 0.05) is 5.70 Å². The Bertz CT molecular complexity index is 1420. The molecule has 1 heterocycles. The number of halogens is 2. The zero-order chi connectivity index (χ0) is 31.5. The van der Waals surface area contributed by atoms with Crippen LogP contribution in [0.2, 0.25) is 0 Å². The van der Waals surface area contributed by atoms with Crippen molar-refractivity contribution in [2.75, 3.05) is 33.5 Å². The molecule has 43 heavy (non-hydrogen) atoms. The average molecular weight is 726 g/mol. The molecule has 15 heteroatoms. The molecule has 0 bridgehead atoms. The molecule has 0 spiro atoms. The van der Waals surface area contributed by atoms with E-state index >= 15 is 0 Å².